The van der Waals surface area contributed by atoms with E-state index in [-0.39, 0.29) is 11.7 Å². The van der Waals surface area contributed by atoms with Gasteiger partial charge in [-0.2, -0.15) is 5.10 Å². The van der Waals surface area contributed by atoms with Crippen LogP contribution < -0.4 is 4.74 Å². The number of rotatable bonds is 5. The molecule has 1 aliphatic rings. The summed E-state index contributed by atoms with van der Waals surface area (Å²) in [4.78, 5) is 17.9. The van der Waals surface area contributed by atoms with Crippen molar-refractivity contribution in [3.05, 3.63) is 83.3 Å². The third-order valence-corrected chi connectivity index (χ3v) is 5.86. The van der Waals surface area contributed by atoms with Crippen LogP contribution in [0.4, 0.5) is 0 Å². The number of aromatic nitrogens is 3. The minimum Gasteiger partial charge on any atom is -0.497 e. The van der Waals surface area contributed by atoms with Crippen LogP contribution in [0.15, 0.2) is 60.8 Å². The molecule has 0 saturated carbocycles. The van der Waals surface area contributed by atoms with Gasteiger partial charge in [-0.15, -0.1) is 0 Å². The molecule has 0 bridgehead atoms. The third kappa shape index (κ3) is 3.49. The van der Waals surface area contributed by atoms with Crippen molar-refractivity contribution in [2.45, 2.75) is 25.4 Å². The normalized spacial score (nSPS) is 15.8. The van der Waals surface area contributed by atoms with Crippen LogP contribution in [0.3, 0.4) is 0 Å². The van der Waals surface area contributed by atoms with Crippen LogP contribution in [0.1, 0.15) is 39.6 Å². The van der Waals surface area contributed by atoms with E-state index in [4.69, 9.17) is 14.5 Å². The van der Waals surface area contributed by atoms with Crippen molar-refractivity contribution >= 4 is 11.4 Å². The Morgan fingerprint density at radius 1 is 1.03 bits per heavy atom. The molecule has 0 saturated heterocycles. The van der Waals surface area contributed by atoms with Crippen molar-refractivity contribution in [2.24, 2.45) is 0 Å². The Morgan fingerprint density at radius 3 is 2.52 bits per heavy atom. The molecule has 6 nitrogen and oxygen atoms in total. The van der Waals surface area contributed by atoms with E-state index >= 15 is 0 Å². The summed E-state index contributed by atoms with van der Waals surface area (Å²) in [6.45, 7) is 0.357. The van der Waals surface area contributed by atoms with Gasteiger partial charge in [0.05, 0.1) is 36.2 Å². The molecule has 6 heteroatoms. The van der Waals surface area contributed by atoms with Crippen molar-refractivity contribution < 1.29 is 14.3 Å². The van der Waals surface area contributed by atoms with Crippen molar-refractivity contribution in [3.63, 3.8) is 0 Å². The Morgan fingerprint density at radius 2 is 1.81 bits per heavy atom. The number of carbonyl (C=O) groups excluding carboxylic acids is 1. The second kappa shape index (κ2) is 7.96. The van der Waals surface area contributed by atoms with E-state index in [9.17, 15) is 4.79 Å². The van der Waals surface area contributed by atoms with Gasteiger partial charge in [0.2, 0.25) is 0 Å². The summed E-state index contributed by atoms with van der Waals surface area (Å²) in [5.74, 6) is 1.04. The molecule has 1 unspecified atom stereocenters. The summed E-state index contributed by atoms with van der Waals surface area (Å²) < 4.78 is 12.4. The number of hydrogen-bond donors (Lipinski definition) is 0. The first-order valence-electron chi connectivity index (χ1n) is 10.3. The largest absolute Gasteiger partial charge is 0.497 e. The minimum atomic E-state index is 0.110. The zero-order valence-corrected chi connectivity index (χ0v) is 17.5. The summed E-state index contributed by atoms with van der Waals surface area (Å²) in [7, 11) is 3.29. The summed E-state index contributed by atoms with van der Waals surface area (Å²) in [5, 5.41) is 4.69. The first kappa shape index (κ1) is 19.5. The number of ketones is 1. The van der Waals surface area contributed by atoms with Crippen molar-refractivity contribution in [1.29, 1.82) is 0 Å². The molecule has 0 fully saturated rings. The Balaban J connectivity index is 1.64. The van der Waals surface area contributed by atoms with E-state index in [0.29, 0.717) is 18.6 Å². The lowest BCUT2D eigenvalue weighted by atomic mass is 9.82. The second-order valence-corrected chi connectivity index (χ2v) is 7.79. The van der Waals surface area contributed by atoms with Gasteiger partial charge in [0, 0.05) is 19.7 Å². The average Bonchev–Trinajstić information content (AvgIpc) is 3.15. The van der Waals surface area contributed by atoms with Crippen molar-refractivity contribution in [2.75, 3.05) is 14.2 Å². The lowest BCUT2D eigenvalue weighted by molar-refractivity contribution is 0.0962. The van der Waals surface area contributed by atoms with E-state index in [2.05, 4.69) is 17.2 Å². The summed E-state index contributed by atoms with van der Waals surface area (Å²) in [5.41, 5.74) is 6.08. The van der Waals surface area contributed by atoms with Gasteiger partial charge in [0.1, 0.15) is 5.75 Å². The van der Waals surface area contributed by atoms with Crippen LogP contribution >= 0.6 is 0 Å². The number of Topliss-reactive ketones (excluding diaryl/α,β-unsaturated/α-hetero) is 1. The lowest BCUT2D eigenvalue weighted by Gasteiger charge is -2.23. The number of hydrogen-bond acceptors (Lipinski definition) is 5. The molecule has 0 spiro atoms. The Bertz CT molecular complexity index is 1250. The Kier molecular flexibility index (Phi) is 5.00. The first-order valence-corrected chi connectivity index (χ1v) is 10.3. The Hall–Kier alpha value is -3.51. The number of fused-ring (bicyclic) bond motifs is 2. The van der Waals surface area contributed by atoms with Crippen molar-refractivity contribution in [3.8, 4) is 16.9 Å². The number of benzene rings is 2. The van der Waals surface area contributed by atoms with E-state index < -0.39 is 0 Å². The molecule has 0 amide bonds. The number of nitrogens with zero attached hydrogens (tertiary/aromatic N) is 3. The SMILES string of the molecule is COCc1nn2cc3c(nc2c1-c1ccc(OC)cc1)CC(c1ccccc1)CC3=O. The summed E-state index contributed by atoms with van der Waals surface area (Å²) in [6.07, 6.45) is 3.05. The van der Waals surface area contributed by atoms with Crippen molar-refractivity contribution in [1.82, 2.24) is 14.6 Å². The lowest BCUT2D eigenvalue weighted by Crippen LogP contribution is -2.21. The smallest absolute Gasteiger partial charge is 0.166 e. The molecule has 1 atom stereocenters. The molecule has 2 aromatic carbocycles. The number of ether oxygens (including phenoxy) is 2. The number of methoxy groups -OCH3 is 2. The molecular formula is C25H23N3O3. The van der Waals surface area contributed by atoms with Crippen LogP contribution in [0.2, 0.25) is 0 Å². The van der Waals surface area contributed by atoms with Crippen LogP contribution in [-0.4, -0.2) is 34.6 Å². The molecule has 5 rings (SSSR count). The monoisotopic (exact) mass is 413 g/mol. The first-order chi connectivity index (χ1) is 15.2. The van der Waals surface area contributed by atoms with Gasteiger partial charge in [-0.1, -0.05) is 42.5 Å². The highest BCUT2D eigenvalue weighted by molar-refractivity contribution is 5.99. The van der Waals surface area contributed by atoms with Gasteiger partial charge < -0.3 is 9.47 Å². The molecule has 156 valence electrons. The molecule has 31 heavy (non-hydrogen) atoms. The quantitative estimate of drug-likeness (QED) is 0.483. The average molecular weight is 413 g/mol. The fraction of sp³-hybridized carbons (Fsp3) is 0.240. The van der Waals surface area contributed by atoms with Gasteiger partial charge in [-0.3, -0.25) is 4.79 Å². The molecule has 1 aliphatic carbocycles. The van der Waals surface area contributed by atoms with Gasteiger partial charge in [0.25, 0.3) is 0 Å². The van der Waals surface area contributed by atoms with E-state index in [1.165, 1.54) is 5.56 Å². The van der Waals surface area contributed by atoms with E-state index in [0.717, 1.165) is 40.3 Å². The zero-order valence-electron chi connectivity index (χ0n) is 17.5. The van der Waals surface area contributed by atoms with Gasteiger partial charge in [-0.25, -0.2) is 9.50 Å². The summed E-state index contributed by atoms with van der Waals surface area (Å²) >= 11 is 0. The predicted molar refractivity (Wildman–Crippen MR) is 118 cm³/mol. The second-order valence-electron chi connectivity index (χ2n) is 7.79. The van der Waals surface area contributed by atoms with Crippen LogP contribution in [0.5, 0.6) is 5.75 Å². The van der Waals surface area contributed by atoms with Crippen LogP contribution in [-0.2, 0) is 17.8 Å². The topological polar surface area (TPSA) is 65.7 Å². The summed E-state index contributed by atoms with van der Waals surface area (Å²) in [6, 6.07) is 18.0. The van der Waals surface area contributed by atoms with E-state index in [1.54, 1.807) is 18.7 Å². The standard InChI is InChI=1S/C25H23N3O3/c1-30-15-22-24(17-8-10-19(31-2)11-9-17)25-26-21-12-18(16-6-4-3-5-7-16)13-23(29)20(21)14-28(25)27-22/h3-11,14,18H,12-13,15H2,1-2H3. The van der Waals surface area contributed by atoms with Gasteiger partial charge in [0.15, 0.2) is 11.4 Å². The zero-order chi connectivity index (χ0) is 21.4. The van der Waals surface area contributed by atoms with Gasteiger partial charge in [-0.05, 0) is 35.6 Å². The highest BCUT2D eigenvalue weighted by atomic mass is 16.5. The fourth-order valence-electron chi connectivity index (χ4n) is 4.33. The predicted octanol–water partition coefficient (Wildman–Crippen LogP) is 4.46. The molecule has 0 radical (unpaired) electrons. The maximum Gasteiger partial charge on any atom is 0.166 e. The van der Waals surface area contributed by atoms with E-state index in [1.807, 2.05) is 48.7 Å². The van der Waals surface area contributed by atoms with Crippen LogP contribution in [0, 0.1) is 0 Å². The Labute approximate surface area is 180 Å². The number of carbonyl (C=O) groups is 1. The molecule has 0 aliphatic heterocycles. The fourth-order valence-corrected chi connectivity index (χ4v) is 4.33. The van der Waals surface area contributed by atoms with Gasteiger partial charge >= 0.3 is 0 Å². The highest BCUT2D eigenvalue weighted by Gasteiger charge is 2.29. The molecule has 2 aromatic heterocycles. The minimum absolute atomic E-state index is 0.110. The molecular weight excluding hydrogens is 390 g/mol. The molecule has 2 heterocycles. The van der Waals surface area contributed by atoms with Crippen LogP contribution in [0.25, 0.3) is 16.8 Å². The molecule has 4 aromatic rings. The highest BCUT2D eigenvalue weighted by Crippen LogP contribution is 2.35. The maximum absolute atomic E-state index is 13.0. The third-order valence-electron chi connectivity index (χ3n) is 5.86. The molecule has 0 N–H and O–H groups in total. The maximum atomic E-state index is 13.0.